The van der Waals surface area contributed by atoms with Crippen molar-refractivity contribution in [3.05, 3.63) is 128 Å². The highest BCUT2D eigenvalue weighted by Gasteiger charge is 2.33. The number of carbonyl (C=O) groups excluding carboxylic acids is 1. The third kappa shape index (κ3) is 5.57. The predicted molar refractivity (Wildman–Crippen MR) is 164 cm³/mol. The van der Waals surface area contributed by atoms with Crippen LogP contribution in [-0.2, 0) is 16.1 Å². The van der Waals surface area contributed by atoms with Gasteiger partial charge < -0.3 is 9.47 Å². The molecule has 0 unspecified atom stereocenters. The Morgan fingerprint density at radius 1 is 1.18 bits per heavy atom. The zero-order valence-electron chi connectivity index (χ0n) is 21.5. The molecule has 0 saturated carbocycles. The highest BCUT2D eigenvalue weighted by atomic mass is 127. The largest absolute Gasteiger partial charge is 0.486 e. The molecule has 1 atom stereocenters. The molecule has 0 amide bonds. The second kappa shape index (κ2) is 12.2. The van der Waals surface area contributed by atoms with Crippen LogP contribution in [0.25, 0.3) is 6.08 Å². The van der Waals surface area contributed by atoms with E-state index in [9.17, 15) is 14.0 Å². The van der Waals surface area contributed by atoms with E-state index >= 15 is 0 Å². The highest BCUT2D eigenvalue weighted by Crippen LogP contribution is 2.34. The van der Waals surface area contributed by atoms with Gasteiger partial charge in [-0.1, -0.05) is 66.8 Å². The van der Waals surface area contributed by atoms with Gasteiger partial charge in [-0.25, -0.2) is 14.2 Å². The molecular formula is C30H23BrFIN2O4S. The van der Waals surface area contributed by atoms with Crippen LogP contribution in [0.4, 0.5) is 4.39 Å². The van der Waals surface area contributed by atoms with Crippen molar-refractivity contribution in [1.29, 1.82) is 0 Å². The van der Waals surface area contributed by atoms with Crippen molar-refractivity contribution in [2.75, 3.05) is 7.11 Å². The van der Waals surface area contributed by atoms with Crippen LogP contribution in [0.3, 0.4) is 0 Å². The third-order valence-corrected chi connectivity index (χ3v) is 8.79. The number of carbonyl (C=O) groups is 1. The lowest BCUT2D eigenvalue weighted by atomic mass is 9.95. The van der Waals surface area contributed by atoms with Gasteiger partial charge in [0, 0.05) is 5.56 Å². The van der Waals surface area contributed by atoms with Crippen molar-refractivity contribution >= 4 is 61.9 Å². The number of benzene rings is 3. The van der Waals surface area contributed by atoms with Crippen LogP contribution in [0, 0.1) is 9.39 Å². The van der Waals surface area contributed by atoms with Crippen molar-refractivity contribution in [3.63, 3.8) is 0 Å². The summed E-state index contributed by atoms with van der Waals surface area (Å²) >= 11 is 7.00. The Morgan fingerprint density at radius 2 is 1.90 bits per heavy atom. The molecular weight excluding hydrogens is 710 g/mol. The van der Waals surface area contributed by atoms with Crippen LogP contribution in [0.15, 0.2) is 92.3 Å². The first-order valence-corrected chi connectivity index (χ1v) is 15.0. The number of esters is 1. The summed E-state index contributed by atoms with van der Waals surface area (Å²) in [5, 5.41) is 0. The smallest absolute Gasteiger partial charge is 0.338 e. The van der Waals surface area contributed by atoms with Crippen LogP contribution in [0.1, 0.15) is 36.1 Å². The van der Waals surface area contributed by atoms with E-state index in [0.717, 1.165) is 14.7 Å². The lowest BCUT2D eigenvalue weighted by Gasteiger charge is -2.25. The van der Waals surface area contributed by atoms with Crippen LogP contribution in [-0.4, -0.2) is 17.6 Å². The van der Waals surface area contributed by atoms with Gasteiger partial charge in [0.1, 0.15) is 18.2 Å². The number of hydrogen-bond acceptors (Lipinski definition) is 6. The average Bonchev–Trinajstić information content (AvgIpc) is 3.26. The predicted octanol–water partition coefficient (Wildman–Crippen LogP) is 5.88. The average molecular weight is 733 g/mol. The molecule has 0 radical (unpaired) electrons. The molecule has 1 aliphatic heterocycles. The number of hydrogen-bond donors (Lipinski definition) is 0. The van der Waals surface area contributed by atoms with Crippen LogP contribution in [0.2, 0.25) is 0 Å². The Kier molecular flexibility index (Phi) is 8.67. The number of aromatic nitrogens is 1. The molecule has 0 N–H and O–H groups in total. The molecule has 0 aliphatic carbocycles. The van der Waals surface area contributed by atoms with Gasteiger partial charge in [0.05, 0.1) is 37.0 Å². The topological polar surface area (TPSA) is 69.9 Å². The number of methoxy groups -OCH3 is 1. The second-order valence-electron chi connectivity index (χ2n) is 8.89. The summed E-state index contributed by atoms with van der Waals surface area (Å²) in [6.07, 6.45) is 2.31. The molecule has 0 spiro atoms. The minimum absolute atomic E-state index is 0.0843. The maximum absolute atomic E-state index is 14.0. The minimum Gasteiger partial charge on any atom is -0.486 e. The summed E-state index contributed by atoms with van der Waals surface area (Å²) in [6, 6.07) is 19.0. The third-order valence-electron chi connectivity index (χ3n) is 6.41. The maximum Gasteiger partial charge on any atom is 0.338 e. The highest BCUT2D eigenvalue weighted by molar-refractivity contribution is 14.1. The minimum atomic E-state index is -0.650. The summed E-state index contributed by atoms with van der Waals surface area (Å²) < 4.78 is 28.6. The number of halogens is 3. The van der Waals surface area contributed by atoms with Crippen molar-refractivity contribution in [3.8, 4) is 5.75 Å². The van der Waals surface area contributed by atoms with Crippen LogP contribution >= 0.6 is 49.9 Å². The van der Waals surface area contributed by atoms with E-state index in [2.05, 4.69) is 38.5 Å². The molecule has 1 aliphatic rings. The van der Waals surface area contributed by atoms with Crippen molar-refractivity contribution < 1.29 is 18.7 Å². The summed E-state index contributed by atoms with van der Waals surface area (Å²) in [5.74, 6) is -0.244. The van der Waals surface area contributed by atoms with Gasteiger partial charge in [-0.15, -0.1) is 0 Å². The molecule has 0 saturated heterocycles. The molecule has 0 fully saturated rings. The van der Waals surface area contributed by atoms with Gasteiger partial charge in [0.2, 0.25) is 0 Å². The number of ether oxygens (including phenoxy) is 2. The fourth-order valence-electron chi connectivity index (χ4n) is 4.53. The Morgan fingerprint density at radius 3 is 2.58 bits per heavy atom. The van der Waals surface area contributed by atoms with Gasteiger partial charge in [0.15, 0.2) is 4.80 Å². The van der Waals surface area contributed by atoms with E-state index in [0.29, 0.717) is 42.8 Å². The van der Waals surface area contributed by atoms with E-state index in [1.165, 1.54) is 24.5 Å². The second-order valence-corrected chi connectivity index (χ2v) is 11.9. The zero-order valence-corrected chi connectivity index (χ0v) is 26.0. The standard InChI is InChI=1S/C30H23BrFIN2O4S/c1-3-23-25(29(37)38-2)26(18-9-5-4-6-10-18)35-28(36)24(40-30(35)34-23)15-17-13-20(31)27(22(33)14-17)39-16-19-11-7-8-12-21(19)32/h4-15,26H,3,16H2,1-2H3/b24-15-/t26-/m0/s1. The van der Waals surface area contributed by atoms with E-state index in [1.54, 1.807) is 28.8 Å². The van der Waals surface area contributed by atoms with Crippen molar-refractivity contribution in [2.24, 2.45) is 4.99 Å². The quantitative estimate of drug-likeness (QED) is 0.176. The van der Waals surface area contributed by atoms with Crippen LogP contribution in [0.5, 0.6) is 5.75 Å². The molecule has 40 heavy (non-hydrogen) atoms. The lowest BCUT2D eigenvalue weighted by Crippen LogP contribution is -2.40. The van der Waals surface area contributed by atoms with Gasteiger partial charge in [-0.3, -0.25) is 9.36 Å². The number of allylic oxidation sites excluding steroid dienone is 1. The molecule has 3 aromatic carbocycles. The molecule has 10 heteroatoms. The first-order valence-electron chi connectivity index (χ1n) is 12.4. The van der Waals surface area contributed by atoms with Crippen molar-refractivity contribution in [2.45, 2.75) is 26.0 Å². The monoisotopic (exact) mass is 732 g/mol. The molecule has 5 rings (SSSR count). The summed E-state index contributed by atoms with van der Waals surface area (Å²) in [4.78, 5) is 31.9. The van der Waals surface area contributed by atoms with E-state index < -0.39 is 12.0 Å². The number of thiazole rings is 1. The fraction of sp³-hybridized carbons (Fsp3) is 0.167. The fourth-order valence-corrected chi connectivity index (χ4v) is 7.32. The molecule has 0 bridgehead atoms. The van der Waals surface area contributed by atoms with E-state index in [1.807, 2.05) is 49.4 Å². The lowest BCUT2D eigenvalue weighted by molar-refractivity contribution is -0.136. The molecule has 2 heterocycles. The summed E-state index contributed by atoms with van der Waals surface area (Å²) in [5.41, 5.74) is 2.75. The molecule has 4 aromatic rings. The first kappa shape index (κ1) is 28.4. The number of fused-ring (bicyclic) bond motifs is 1. The van der Waals surface area contributed by atoms with Crippen molar-refractivity contribution in [1.82, 2.24) is 4.57 Å². The van der Waals surface area contributed by atoms with Crippen LogP contribution < -0.4 is 19.6 Å². The van der Waals surface area contributed by atoms with E-state index in [4.69, 9.17) is 14.5 Å². The van der Waals surface area contributed by atoms with Gasteiger partial charge >= 0.3 is 5.97 Å². The molecule has 6 nitrogen and oxygen atoms in total. The Bertz CT molecular complexity index is 1790. The molecule has 1 aromatic heterocycles. The normalized spacial score (nSPS) is 15.0. The zero-order chi connectivity index (χ0) is 28.4. The summed E-state index contributed by atoms with van der Waals surface area (Å²) in [7, 11) is 1.33. The number of rotatable bonds is 7. The van der Waals surface area contributed by atoms with Gasteiger partial charge in [0.25, 0.3) is 5.56 Å². The van der Waals surface area contributed by atoms with E-state index in [-0.39, 0.29) is 18.0 Å². The Hall–Kier alpha value is -3.09. The maximum atomic E-state index is 14.0. The summed E-state index contributed by atoms with van der Waals surface area (Å²) in [6.45, 7) is 2.01. The Labute approximate surface area is 255 Å². The first-order chi connectivity index (χ1) is 19.3. The van der Waals surface area contributed by atoms with Gasteiger partial charge in [-0.05, 0) is 80.3 Å². The molecule has 204 valence electrons. The SMILES string of the molecule is CCC1=C(C(=O)OC)[C@H](c2ccccc2)n2c(s/c(=C\c3cc(Br)c(OCc4ccccc4F)c(I)c3)c2=O)=N1. The number of nitrogens with zero attached hydrogens (tertiary/aromatic N) is 2. The van der Waals surface area contributed by atoms with Gasteiger partial charge in [-0.2, -0.15) is 0 Å². The Balaban J connectivity index is 1.57.